The summed E-state index contributed by atoms with van der Waals surface area (Å²) in [5, 5.41) is 0. The van der Waals surface area contributed by atoms with E-state index in [1.807, 2.05) is 0 Å². The standard InChI is InChI=1S/C15H21FN2O/c1-3-18(4-2)10-11-19-14-8-7-13(6-5-9-17)15(16)12-14/h7-8,12H,3-4,9-11,17H2,1-2H3. The molecule has 0 bridgehead atoms. The molecule has 0 aliphatic rings. The maximum atomic E-state index is 13.7. The van der Waals surface area contributed by atoms with Crippen molar-refractivity contribution >= 4 is 0 Å². The molecule has 0 radical (unpaired) electrons. The summed E-state index contributed by atoms with van der Waals surface area (Å²) in [7, 11) is 0. The molecule has 1 aromatic rings. The van der Waals surface area contributed by atoms with Gasteiger partial charge in [0, 0.05) is 12.6 Å². The maximum absolute atomic E-state index is 13.7. The van der Waals surface area contributed by atoms with Crippen LogP contribution in [0.2, 0.25) is 0 Å². The van der Waals surface area contributed by atoms with Gasteiger partial charge in [-0.05, 0) is 25.2 Å². The average Bonchev–Trinajstić information content (AvgIpc) is 2.43. The number of benzene rings is 1. The monoisotopic (exact) mass is 264 g/mol. The highest BCUT2D eigenvalue weighted by molar-refractivity contribution is 5.39. The predicted molar refractivity (Wildman–Crippen MR) is 75.6 cm³/mol. The van der Waals surface area contributed by atoms with Crippen molar-refractivity contribution in [2.45, 2.75) is 13.8 Å². The fraction of sp³-hybridized carbons (Fsp3) is 0.467. The van der Waals surface area contributed by atoms with E-state index in [-0.39, 0.29) is 12.4 Å². The Morgan fingerprint density at radius 3 is 2.63 bits per heavy atom. The van der Waals surface area contributed by atoms with Gasteiger partial charge in [0.15, 0.2) is 0 Å². The molecular formula is C15H21FN2O. The summed E-state index contributed by atoms with van der Waals surface area (Å²) in [6, 6.07) is 4.71. The Morgan fingerprint density at radius 2 is 2.05 bits per heavy atom. The van der Waals surface area contributed by atoms with Gasteiger partial charge in [-0.1, -0.05) is 25.7 Å². The van der Waals surface area contributed by atoms with Crippen LogP contribution < -0.4 is 10.5 Å². The van der Waals surface area contributed by atoms with E-state index in [9.17, 15) is 4.39 Å². The molecule has 2 N–H and O–H groups in total. The van der Waals surface area contributed by atoms with Gasteiger partial charge in [0.2, 0.25) is 0 Å². The zero-order valence-corrected chi connectivity index (χ0v) is 11.6. The Labute approximate surface area is 114 Å². The first-order chi connectivity index (χ1) is 9.21. The van der Waals surface area contributed by atoms with Crippen molar-refractivity contribution in [3.63, 3.8) is 0 Å². The molecule has 1 aromatic carbocycles. The van der Waals surface area contributed by atoms with Crippen molar-refractivity contribution in [2.75, 3.05) is 32.8 Å². The molecule has 1 rings (SSSR count). The Hall–Kier alpha value is -1.57. The molecule has 4 heteroatoms. The van der Waals surface area contributed by atoms with Crippen LogP contribution in [0.4, 0.5) is 4.39 Å². The highest BCUT2D eigenvalue weighted by Gasteiger charge is 2.03. The number of halogens is 1. The van der Waals surface area contributed by atoms with Crippen LogP contribution in [-0.4, -0.2) is 37.7 Å². The SMILES string of the molecule is CCN(CC)CCOc1ccc(C#CCN)c(F)c1. The highest BCUT2D eigenvalue weighted by atomic mass is 19.1. The van der Waals surface area contributed by atoms with E-state index in [0.29, 0.717) is 17.9 Å². The van der Waals surface area contributed by atoms with Gasteiger partial charge in [0.05, 0.1) is 12.1 Å². The van der Waals surface area contributed by atoms with E-state index in [1.54, 1.807) is 12.1 Å². The zero-order chi connectivity index (χ0) is 14.1. The van der Waals surface area contributed by atoms with Crippen molar-refractivity contribution in [3.05, 3.63) is 29.6 Å². The normalized spacial score (nSPS) is 10.2. The number of hydrogen-bond donors (Lipinski definition) is 1. The van der Waals surface area contributed by atoms with E-state index in [0.717, 1.165) is 19.6 Å². The van der Waals surface area contributed by atoms with Crippen molar-refractivity contribution in [1.82, 2.24) is 4.90 Å². The van der Waals surface area contributed by atoms with Crippen LogP contribution in [-0.2, 0) is 0 Å². The van der Waals surface area contributed by atoms with E-state index in [1.165, 1.54) is 6.07 Å². The molecule has 3 nitrogen and oxygen atoms in total. The van der Waals surface area contributed by atoms with Crippen LogP contribution >= 0.6 is 0 Å². The summed E-state index contributed by atoms with van der Waals surface area (Å²) in [5.74, 6) is 5.46. The van der Waals surface area contributed by atoms with Gasteiger partial charge in [-0.3, -0.25) is 0 Å². The molecule has 0 aliphatic heterocycles. The van der Waals surface area contributed by atoms with Crippen LogP contribution in [0.15, 0.2) is 18.2 Å². The first kappa shape index (κ1) is 15.5. The van der Waals surface area contributed by atoms with Crippen LogP contribution in [0, 0.1) is 17.7 Å². The molecular weight excluding hydrogens is 243 g/mol. The number of rotatable bonds is 6. The highest BCUT2D eigenvalue weighted by Crippen LogP contribution is 2.16. The molecule has 0 saturated heterocycles. The lowest BCUT2D eigenvalue weighted by molar-refractivity contribution is 0.222. The maximum Gasteiger partial charge on any atom is 0.142 e. The van der Waals surface area contributed by atoms with Crippen LogP contribution in [0.3, 0.4) is 0 Å². The number of hydrogen-bond acceptors (Lipinski definition) is 3. The number of likely N-dealkylation sites (N-methyl/N-ethyl adjacent to an activating group) is 1. The van der Waals surface area contributed by atoms with Gasteiger partial charge in [-0.15, -0.1) is 0 Å². The van der Waals surface area contributed by atoms with Gasteiger partial charge < -0.3 is 15.4 Å². The third-order valence-corrected chi connectivity index (χ3v) is 2.84. The molecule has 0 unspecified atom stereocenters. The minimum Gasteiger partial charge on any atom is -0.492 e. The summed E-state index contributed by atoms with van der Waals surface area (Å²) in [4.78, 5) is 2.25. The topological polar surface area (TPSA) is 38.5 Å². The molecule has 0 aromatic heterocycles. The van der Waals surface area contributed by atoms with Gasteiger partial charge >= 0.3 is 0 Å². The average molecular weight is 264 g/mol. The number of nitrogens with zero attached hydrogens (tertiary/aromatic N) is 1. The molecule has 0 spiro atoms. The van der Waals surface area contributed by atoms with E-state index < -0.39 is 0 Å². The molecule has 0 atom stereocenters. The van der Waals surface area contributed by atoms with Crippen molar-refractivity contribution in [3.8, 4) is 17.6 Å². The third-order valence-electron chi connectivity index (χ3n) is 2.84. The van der Waals surface area contributed by atoms with Crippen molar-refractivity contribution < 1.29 is 9.13 Å². The molecule has 0 amide bonds. The zero-order valence-electron chi connectivity index (χ0n) is 11.6. The Balaban J connectivity index is 2.54. The summed E-state index contributed by atoms with van der Waals surface area (Å²) < 4.78 is 19.2. The largest absolute Gasteiger partial charge is 0.492 e. The fourth-order valence-corrected chi connectivity index (χ4v) is 1.67. The third kappa shape index (κ3) is 5.29. The minimum absolute atomic E-state index is 0.224. The summed E-state index contributed by atoms with van der Waals surface area (Å²) in [6.07, 6.45) is 0. The smallest absolute Gasteiger partial charge is 0.142 e. The molecule has 104 valence electrons. The van der Waals surface area contributed by atoms with Gasteiger partial charge in [0.25, 0.3) is 0 Å². The lowest BCUT2D eigenvalue weighted by atomic mass is 10.2. The molecule has 19 heavy (non-hydrogen) atoms. The van der Waals surface area contributed by atoms with E-state index >= 15 is 0 Å². The van der Waals surface area contributed by atoms with E-state index in [4.69, 9.17) is 10.5 Å². The lowest BCUT2D eigenvalue weighted by Crippen LogP contribution is -2.27. The first-order valence-electron chi connectivity index (χ1n) is 6.54. The number of ether oxygens (including phenoxy) is 1. The summed E-state index contributed by atoms with van der Waals surface area (Å²) in [6.45, 7) is 7.80. The second-order valence-corrected chi connectivity index (χ2v) is 4.02. The Morgan fingerprint density at radius 1 is 1.32 bits per heavy atom. The van der Waals surface area contributed by atoms with Gasteiger partial charge in [0.1, 0.15) is 18.2 Å². The second kappa shape index (κ2) is 8.52. The molecule has 0 fully saturated rings. The van der Waals surface area contributed by atoms with Gasteiger partial charge in [-0.2, -0.15) is 0 Å². The van der Waals surface area contributed by atoms with Gasteiger partial charge in [-0.25, -0.2) is 4.39 Å². The molecule has 0 heterocycles. The summed E-state index contributed by atoms with van der Waals surface area (Å²) in [5.41, 5.74) is 5.60. The molecule has 0 aliphatic carbocycles. The first-order valence-corrected chi connectivity index (χ1v) is 6.54. The van der Waals surface area contributed by atoms with E-state index in [2.05, 4.69) is 30.6 Å². The second-order valence-electron chi connectivity index (χ2n) is 4.02. The van der Waals surface area contributed by atoms with Crippen molar-refractivity contribution in [2.24, 2.45) is 5.73 Å². The van der Waals surface area contributed by atoms with Crippen LogP contribution in [0.25, 0.3) is 0 Å². The molecule has 0 saturated carbocycles. The summed E-state index contributed by atoms with van der Waals surface area (Å²) >= 11 is 0. The fourth-order valence-electron chi connectivity index (χ4n) is 1.67. The van der Waals surface area contributed by atoms with Crippen LogP contribution in [0.5, 0.6) is 5.75 Å². The number of nitrogens with two attached hydrogens (primary N) is 1. The minimum atomic E-state index is -0.374. The quantitative estimate of drug-likeness (QED) is 0.797. The Bertz CT molecular complexity index is 447. The van der Waals surface area contributed by atoms with Crippen molar-refractivity contribution in [1.29, 1.82) is 0 Å². The predicted octanol–water partition coefficient (Wildman–Crippen LogP) is 1.86. The Kier molecular flexibility index (Phi) is 6.94. The van der Waals surface area contributed by atoms with Crippen LogP contribution in [0.1, 0.15) is 19.4 Å². The lowest BCUT2D eigenvalue weighted by Gasteiger charge is -2.18.